The van der Waals surface area contributed by atoms with Crippen LogP contribution in [0.4, 0.5) is 4.39 Å². The van der Waals surface area contributed by atoms with Crippen molar-refractivity contribution in [3.8, 4) is 11.4 Å². The fourth-order valence-corrected chi connectivity index (χ4v) is 3.75. The molecule has 0 saturated heterocycles. The standard InChI is InChI=1S/C20H20FN5OS/c21-16-10-8-15(9-11-16)19-24-25-20(26(19)22)28-12-17(27)23-18(14-6-7-14)13-4-2-1-3-5-13/h1-5,8-11,14,18H,6-7,12,22H2,(H,23,27). The first-order chi connectivity index (χ1) is 13.6. The third-order valence-electron chi connectivity index (χ3n) is 4.67. The summed E-state index contributed by atoms with van der Waals surface area (Å²) in [6, 6.07) is 15.9. The predicted octanol–water partition coefficient (Wildman–Crippen LogP) is 3.16. The van der Waals surface area contributed by atoms with Crippen LogP contribution in [0.2, 0.25) is 0 Å². The van der Waals surface area contributed by atoms with E-state index in [1.54, 1.807) is 12.1 Å². The molecule has 0 radical (unpaired) electrons. The number of carbonyl (C=O) groups is 1. The smallest absolute Gasteiger partial charge is 0.230 e. The van der Waals surface area contributed by atoms with Crippen LogP contribution in [-0.2, 0) is 4.79 Å². The van der Waals surface area contributed by atoms with Crippen LogP contribution in [0.25, 0.3) is 11.4 Å². The summed E-state index contributed by atoms with van der Waals surface area (Å²) in [6.07, 6.45) is 2.26. The summed E-state index contributed by atoms with van der Waals surface area (Å²) < 4.78 is 14.4. The van der Waals surface area contributed by atoms with Gasteiger partial charge in [-0.15, -0.1) is 10.2 Å². The molecule has 3 aromatic rings. The highest BCUT2D eigenvalue weighted by molar-refractivity contribution is 7.99. The molecule has 3 N–H and O–H groups in total. The molecule has 1 heterocycles. The monoisotopic (exact) mass is 397 g/mol. The predicted molar refractivity (Wildman–Crippen MR) is 106 cm³/mol. The third kappa shape index (κ3) is 4.17. The van der Waals surface area contributed by atoms with E-state index in [0.717, 1.165) is 18.4 Å². The highest BCUT2D eigenvalue weighted by Crippen LogP contribution is 2.41. The van der Waals surface area contributed by atoms with Crippen molar-refractivity contribution in [1.82, 2.24) is 20.2 Å². The third-order valence-corrected chi connectivity index (χ3v) is 5.61. The van der Waals surface area contributed by atoms with E-state index in [4.69, 9.17) is 5.84 Å². The van der Waals surface area contributed by atoms with Crippen molar-refractivity contribution in [3.63, 3.8) is 0 Å². The van der Waals surface area contributed by atoms with Gasteiger partial charge in [0.2, 0.25) is 11.1 Å². The number of nitrogen functional groups attached to an aromatic ring is 1. The Morgan fingerprint density at radius 3 is 2.57 bits per heavy atom. The number of hydrogen-bond acceptors (Lipinski definition) is 5. The molecule has 1 atom stereocenters. The lowest BCUT2D eigenvalue weighted by atomic mass is 10.0. The minimum atomic E-state index is -0.332. The number of rotatable bonds is 7. The molecule has 1 aromatic heterocycles. The van der Waals surface area contributed by atoms with Gasteiger partial charge in [0, 0.05) is 5.56 Å². The maximum atomic E-state index is 13.1. The number of aromatic nitrogens is 3. The molecule has 4 rings (SSSR count). The first kappa shape index (κ1) is 18.5. The summed E-state index contributed by atoms with van der Waals surface area (Å²) in [5.41, 5.74) is 1.79. The van der Waals surface area contributed by atoms with Crippen molar-refractivity contribution in [2.45, 2.75) is 24.0 Å². The Hall–Kier alpha value is -2.87. The Morgan fingerprint density at radius 2 is 1.89 bits per heavy atom. The van der Waals surface area contributed by atoms with Gasteiger partial charge in [0.05, 0.1) is 11.8 Å². The molecular weight excluding hydrogens is 377 g/mol. The molecule has 2 aromatic carbocycles. The van der Waals surface area contributed by atoms with Crippen LogP contribution in [0.15, 0.2) is 59.8 Å². The number of nitrogens with two attached hydrogens (primary N) is 1. The first-order valence-electron chi connectivity index (χ1n) is 9.05. The van der Waals surface area contributed by atoms with E-state index in [0.29, 0.717) is 22.5 Å². The van der Waals surface area contributed by atoms with Gasteiger partial charge in [0.1, 0.15) is 5.82 Å². The van der Waals surface area contributed by atoms with Crippen molar-refractivity contribution >= 4 is 17.7 Å². The van der Waals surface area contributed by atoms with Crippen molar-refractivity contribution in [3.05, 3.63) is 66.0 Å². The molecule has 1 aliphatic rings. The zero-order valence-corrected chi connectivity index (χ0v) is 15.9. The summed E-state index contributed by atoms with van der Waals surface area (Å²) in [7, 11) is 0. The van der Waals surface area contributed by atoms with E-state index in [1.165, 1.54) is 28.6 Å². The van der Waals surface area contributed by atoms with Crippen molar-refractivity contribution in [2.75, 3.05) is 11.6 Å². The summed E-state index contributed by atoms with van der Waals surface area (Å²) in [4.78, 5) is 12.5. The van der Waals surface area contributed by atoms with Crippen molar-refractivity contribution in [2.24, 2.45) is 5.92 Å². The summed E-state index contributed by atoms with van der Waals surface area (Å²) in [6.45, 7) is 0. The van der Waals surface area contributed by atoms with Crippen LogP contribution in [-0.4, -0.2) is 26.5 Å². The molecule has 144 valence electrons. The van der Waals surface area contributed by atoms with Crippen LogP contribution < -0.4 is 11.2 Å². The summed E-state index contributed by atoms with van der Waals surface area (Å²) in [5, 5.41) is 11.7. The van der Waals surface area contributed by atoms with Crippen LogP contribution in [0, 0.1) is 11.7 Å². The molecule has 1 saturated carbocycles. The molecule has 1 aliphatic carbocycles. The Balaban J connectivity index is 1.39. The Kier molecular flexibility index (Phi) is 5.29. The summed E-state index contributed by atoms with van der Waals surface area (Å²) >= 11 is 1.22. The van der Waals surface area contributed by atoms with Gasteiger partial charge in [0.15, 0.2) is 5.82 Å². The Morgan fingerprint density at radius 1 is 1.18 bits per heavy atom. The molecule has 28 heavy (non-hydrogen) atoms. The quantitative estimate of drug-likeness (QED) is 0.472. The average molecular weight is 397 g/mol. The van der Waals surface area contributed by atoms with E-state index in [1.807, 2.05) is 30.3 Å². The normalized spacial score (nSPS) is 14.6. The maximum Gasteiger partial charge on any atom is 0.230 e. The molecule has 0 aliphatic heterocycles. The number of amides is 1. The van der Waals surface area contributed by atoms with E-state index in [2.05, 4.69) is 15.5 Å². The van der Waals surface area contributed by atoms with Crippen molar-refractivity contribution < 1.29 is 9.18 Å². The number of nitrogens with zero attached hydrogens (tertiary/aromatic N) is 3. The molecule has 8 heteroatoms. The van der Waals surface area contributed by atoms with E-state index < -0.39 is 0 Å². The molecule has 0 spiro atoms. The summed E-state index contributed by atoms with van der Waals surface area (Å²) in [5.74, 6) is 6.76. The zero-order valence-electron chi connectivity index (χ0n) is 15.1. The van der Waals surface area contributed by atoms with Gasteiger partial charge >= 0.3 is 0 Å². The number of nitrogens with one attached hydrogen (secondary N) is 1. The molecule has 1 amide bonds. The zero-order chi connectivity index (χ0) is 19.5. The van der Waals surface area contributed by atoms with Gasteiger partial charge in [0.25, 0.3) is 0 Å². The van der Waals surface area contributed by atoms with E-state index in [9.17, 15) is 9.18 Å². The second-order valence-corrected chi connectivity index (χ2v) is 7.71. The van der Waals surface area contributed by atoms with Gasteiger partial charge < -0.3 is 11.2 Å². The van der Waals surface area contributed by atoms with Crippen LogP contribution in [0.1, 0.15) is 24.4 Å². The van der Waals surface area contributed by atoms with Gasteiger partial charge in [-0.05, 0) is 48.6 Å². The SMILES string of the molecule is Nn1c(SCC(=O)NC(c2ccccc2)C2CC2)nnc1-c1ccc(F)cc1. The number of benzene rings is 2. The minimum absolute atomic E-state index is 0.0415. The fraction of sp³-hybridized carbons (Fsp3) is 0.250. The van der Waals surface area contributed by atoms with E-state index in [-0.39, 0.29) is 23.5 Å². The molecule has 1 unspecified atom stereocenters. The van der Waals surface area contributed by atoms with Gasteiger partial charge in [-0.1, -0.05) is 42.1 Å². The number of hydrogen-bond donors (Lipinski definition) is 2. The lowest BCUT2D eigenvalue weighted by molar-refractivity contribution is -0.119. The molecule has 6 nitrogen and oxygen atoms in total. The van der Waals surface area contributed by atoms with Crippen LogP contribution in [0.5, 0.6) is 0 Å². The highest BCUT2D eigenvalue weighted by Gasteiger charge is 2.33. The van der Waals surface area contributed by atoms with Crippen LogP contribution >= 0.6 is 11.8 Å². The lowest BCUT2D eigenvalue weighted by Crippen LogP contribution is -2.31. The second kappa shape index (κ2) is 8.02. The van der Waals surface area contributed by atoms with Gasteiger partial charge in [-0.3, -0.25) is 4.79 Å². The van der Waals surface area contributed by atoms with Crippen molar-refractivity contribution in [1.29, 1.82) is 0 Å². The second-order valence-electron chi connectivity index (χ2n) is 6.77. The largest absolute Gasteiger partial charge is 0.348 e. The number of halogens is 1. The van der Waals surface area contributed by atoms with E-state index >= 15 is 0 Å². The lowest BCUT2D eigenvalue weighted by Gasteiger charge is -2.18. The van der Waals surface area contributed by atoms with Crippen LogP contribution in [0.3, 0.4) is 0 Å². The number of thioether (sulfide) groups is 1. The highest BCUT2D eigenvalue weighted by atomic mass is 32.2. The Bertz CT molecular complexity index is 956. The fourth-order valence-electron chi connectivity index (χ4n) is 3.08. The first-order valence-corrected chi connectivity index (χ1v) is 10.0. The molecule has 0 bridgehead atoms. The van der Waals surface area contributed by atoms with Gasteiger partial charge in [-0.2, -0.15) is 0 Å². The Labute approximate surface area is 166 Å². The minimum Gasteiger partial charge on any atom is -0.348 e. The molecule has 1 fully saturated rings. The topological polar surface area (TPSA) is 85.8 Å². The van der Waals surface area contributed by atoms with Gasteiger partial charge in [-0.25, -0.2) is 9.07 Å². The molecular formula is C20H20FN5OS. The number of carbonyl (C=O) groups excluding carboxylic acids is 1. The average Bonchev–Trinajstić information content (AvgIpc) is 3.49. The maximum absolute atomic E-state index is 13.1.